The topological polar surface area (TPSA) is 78.4 Å². The standard InChI is InChI=1S/C10H16N4O2/c1-3-11-9-5-4-8(12-13-9)10(16)14(2)6-7-15/h4-5,15H,3,6-7H2,1-2H3,(H,11,13). The fourth-order valence-electron chi connectivity index (χ4n) is 1.17. The maximum atomic E-state index is 11.7. The van der Waals surface area contributed by atoms with Crippen LogP contribution in [0.2, 0.25) is 0 Å². The van der Waals surface area contributed by atoms with E-state index in [1.165, 1.54) is 4.90 Å². The number of amides is 1. The molecule has 16 heavy (non-hydrogen) atoms. The number of aliphatic hydroxyl groups excluding tert-OH is 1. The highest BCUT2D eigenvalue weighted by Crippen LogP contribution is 2.03. The van der Waals surface area contributed by atoms with E-state index in [2.05, 4.69) is 15.5 Å². The van der Waals surface area contributed by atoms with E-state index in [1.54, 1.807) is 19.2 Å². The molecule has 0 aliphatic rings. The Morgan fingerprint density at radius 1 is 1.50 bits per heavy atom. The Bertz CT molecular complexity index is 339. The van der Waals surface area contributed by atoms with Crippen molar-refractivity contribution >= 4 is 11.7 Å². The maximum Gasteiger partial charge on any atom is 0.274 e. The average Bonchev–Trinajstić information content (AvgIpc) is 2.30. The van der Waals surface area contributed by atoms with E-state index < -0.39 is 0 Å². The van der Waals surface area contributed by atoms with Crippen molar-refractivity contribution in [2.24, 2.45) is 0 Å². The predicted molar refractivity (Wildman–Crippen MR) is 60.2 cm³/mol. The van der Waals surface area contributed by atoms with E-state index in [9.17, 15) is 4.79 Å². The monoisotopic (exact) mass is 224 g/mol. The normalized spacial score (nSPS) is 9.94. The molecule has 0 unspecified atom stereocenters. The van der Waals surface area contributed by atoms with Crippen LogP contribution < -0.4 is 5.32 Å². The van der Waals surface area contributed by atoms with Gasteiger partial charge in [0.15, 0.2) is 5.69 Å². The molecule has 0 radical (unpaired) electrons. The first-order valence-corrected chi connectivity index (χ1v) is 5.13. The van der Waals surface area contributed by atoms with Crippen molar-refractivity contribution < 1.29 is 9.90 Å². The summed E-state index contributed by atoms with van der Waals surface area (Å²) in [4.78, 5) is 13.1. The Morgan fingerprint density at radius 3 is 2.75 bits per heavy atom. The highest BCUT2D eigenvalue weighted by molar-refractivity contribution is 5.92. The summed E-state index contributed by atoms with van der Waals surface area (Å²) in [6, 6.07) is 3.32. The Labute approximate surface area is 94.3 Å². The number of hydrogen-bond donors (Lipinski definition) is 2. The number of carbonyl (C=O) groups is 1. The summed E-state index contributed by atoms with van der Waals surface area (Å²) in [5.41, 5.74) is 0.276. The summed E-state index contributed by atoms with van der Waals surface area (Å²) in [7, 11) is 1.61. The van der Waals surface area contributed by atoms with Gasteiger partial charge in [-0.15, -0.1) is 10.2 Å². The summed E-state index contributed by atoms with van der Waals surface area (Å²) in [6.07, 6.45) is 0. The van der Waals surface area contributed by atoms with Crippen molar-refractivity contribution in [1.29, 1.82) is 0 Å². The van der Waals surface area contributed by atoms with Crippen molar-refractivity contribution in [3.8, 4) is 0 Å². The molecule has 2 N–H and O–H groups in total. The van der Waals surface area contributed by atoms with Gasteiger partial charge >= 0.3 is 0 Å². The van der Waals surface area contributed by atoms with E-state index in [4.69, 9.17) is 5.11 Å². The van der Waals surface area contributed by atoms with Crippen molar-refractivity contribution in [1.82, 2.24) is 15.1 Å². The van der Waals surface area contributed by atoms with Crippen LogP contribution in [0.15, 0.2) is 12.1 Å². The first-order valence-electron chi connectivity index (χ1n) is 5.13. The molecule has 1 aromatic rings. The fourth-order valence-corrected chi connectivity index (χ4v) is 1.17. The summed E-state index contributed by atoms with van der Waals surface area (Å²) >= 11 is 0. The SMILES string of the molecule is CCNc1ccc(C(=O)N(C)CCO)nn1. The smallest absolute Gasteiger partial charge is 0.274 e. The van der Waals surface area contributed by atoms with E-state index in [-0.39, 0.29) is 24.8 Å². The van der Waals surface area contributed by atoms with E-state index in [1.807, 2.05) is 6.92 Å². The Kier molecular flexibility index (Phi) is 4.65. The minimum atomic E-state index is -0.246. The Hall–Kier alpha value is -1.69. The molecule has 1 aromatic heterocycles. The molecule has 0 spiro atoms. The maximum absolute atomic E-state index is 11.7. The summed E-state index contributed by atoms with van der Waals surface area (Å²) in [5, 5.41) is 19.4. The number of aromatic nitrogens is 2. The second kappa shape index (κ2) is 6.02. The molecule has 0 fully saturated rings. The molecule has 1 heterocycles. The third-order valence-electron chi connectivity index (χ3n) is 2.02. The van der Waals surface area contributed by atoms with Crippen LogP contribution in [-0.2, 0) is 0 Å². The molecule has 6 heteroatoms. The first-order chi connectivity index (χ1) is 7.69. The number of nitrogens with one attached hydrogen (secondary N) is 1. The Balaban J connectivity index is 2.69. The van der Waals surface area contributed by atoms with Gasteiger partial charge in [0.1, 0.15) is 5.82 Å². The molecule has 88 valence electrons. The van der Waals surface area contributed by atoms with Crippen LogP contribution in [0, 0.1) is 0 Å². The molecule has 0 saturated carbocycles. The molecule has 0 saturated heterocycles. The lowest BCUT2D eigenvalue weighted by molar-refractivity contribution is 0.0760. The number of rotatable bonds is 5. The lowest BCUT2D eigenvalue weighted by Crippen LogP contribution is -2.30. The average molecular weight is 224 g/mol. The molecule has 0 bridgehead atoms. The molecule has 0 atom stereocenters. The second-order valence-corrected chi connectivity index (χ2v) is 3.28. The minimum absolute atomic E-state index is 0.0643. The van der Waals surface area contributed by atoms with Crippen molar-refractivity contribution in [2.75, 3.05) is 32.1 Å². The van der Waals surface area contributed by atoms with Crippen molar-refractivity contribution in [2.45, 2.75) is 6.92 Å². The van der Waals surface area contributed by atoms with Crippen molar-refractivity contribution in [3.05, 3.63) is 17.8 Å². The fraction of sp³-hybridized carbons (Fsp3) is 0.500. The quantitative estimate of drug-likeness (QED) is 0.734. The number of aliphatic hydroxyl groups is 1. The van der Waals surface area contributed by atoms with E-state index in [0.717, 1.165) is 6.54 Å². The molecule has 0 aliphatic heterocycles. The number of hydrogen-bond acceptors (Lipinski definition) is 5. The van der Waals surface area contributed by atoms with Crippen LogP contribution in [0.1, 0.15) is 17.4 Å². The van der Waals surface area contributed by atoms with Crippen LogP contribution in [0.5, 0.6) is 0 Å². The molecule has 0 aliphatic carbocycles. The van der Waals surface area contributed by atoms with E-state index >= 15 is 0 Å². The summed E-state index contributed by atoms with van der Waals surface area (Å²) < 4.78 is 0. The van der Waals surface area contributed by atoms with E-state index in [0.29, 0.717) is 5.82 Å². The van der Waals surface area contributed by atoms with Crippen LogP contribution in [0.3, 0.4) is 0 Å². The summed E-state index contributed by atoms with van der Waals surface area (Å²) in [5.74, 6) is 0.397. The van der Waals surface area contributed by atoms with Gasteiger partial charge < -0.3 is 15.3 Å². The van der Waals surface area contributed by atoms with Gasteiger partial charge in [-0.05, 0) is 19.1 Å². The highest BCUT2D eigenvalue weighted by Gasteiger charge is 2.12. The lowest BCUT2D eigenvalue weighted by Gasteiger charge is -2.14. The zero-order valence-corrected chi connectivity index (χ0v) is 9.47. The number of likely N-dealkylation sites (N-methyl/N-ethyl adjacent to an activating group) is 1. The zero-order valence-electron chi connectivity index (χ0n) is 9.47. The Morgan fingerprint density at radius 2 is 2.25 bits per heavy atom. The van der Waals surface area contributed by atoms with Gasteiger partial charge in [-0.3, -0.25) is 4.79 Å². The third kappa shape index (κ3) is 3.16. The van der Waals surface area contributed by atoms with Crippen LogP contribution >= 0.6 is 0 Å². The molecule has 0 aromatic carbocycles. The van der Waals surface area contributed by atoms with Gasteiger partial charge in [0.2, 0.25) is 0 Å². The number of carbonyl (C=O) groups excluding carboxylic acids is 1. The van der Waals surface area contributed by atoms with Gasteiger partial charge in [-0.25, -0.2) is 0 Å². The lowest BCUT2D eigenvalue weighted by atomic mass is 10.3. The van der Waals surface area contributed by atoms with Crippen LogP contribution in [0.4, 0.5) is 5.82 Å². The highest BCUT2D eigenvalue weighted by atomic mass is 16.3. The first kappa shape index (κ1) is 12.4. The summed E-state index contributed by atoms with van der Waals surface area (Å²) in [6.45, 7) is 2.93. The van der Waals surface area contributed by atoms with Crippen molar-refractivity contribution in [3.63, 3.8) is 0 Å². The number of nitrogens with zero attached hydrogens (tertiary/aromatic N) is 3. The van der Waals surface area contributed by atoms with Crippen LogP contribution in [-0.4, -0.2) is 52.9 Å². The molecule has 1 amide bonds. The molecular weight excluding hydrogens is 208 g/mol. The van der Waals surface area contributed by atoms with Gasteiger partial charge in [0.05, 0.1) is 6.61 Å². The predicted octanol–water partition coefficient (Wildman–Crippen LogP) is -0.0273. The van der Waals surface area contributed by atoms with Gasteiger partial charge in [-0.1, -0.05) is 0 Å². The van der Waals surface area contributed by atoms with Gasteiger partial charge in [0.25, 0.3) is 5.91 Å². The molecule has 6 nitrogen and oxygen atoms in total. The second-order valence-electron chi connectivity index (χ2n) is 3.28. The zero-order chi connectivity index (χ0) is 12.0. The largest absolute Gasteiger partial charge is 0.395 e. The van der Waals surface area contributed by atoms with Gasteiger partial charge in [0, 0.05) is 20.1 Å². The van der Waals surface area contributed by atoms with Crippen LogP contribution in [0.25, 0.3) is 0 Å². The minimum Gasteiger partial charge on any atom is -0.395 e. The number of anilines is 1. The molecular formula is C10H16N4O2. The third-order valence-corrected chi connectivity index (χ3v) is 2.02. The molecule has 1 rings (SSSR count). The van der Waals surface area contributed by atoms with Gasteiger partial charge in [-0.2, -0.15) is 0 Å².